The van der Waals surface area contributed by atoms with E-state index in [1.165, 1.54) is 231 Å². The van der Waals surface area contributed by atoms with Gasteiger partial charge in [0.1, 0.15) is 0 Å². The van der Waals surface area contributed by atoms with E-state index in [-0.39, 0.29) is 12.5 Å². The molecule has 2 unspecified atom stereocenters. The summed E-state index contributed by atoms with van der Waals surface area (Å²) in [6.45, 7) is 4.22. The van der Waals surface area contributed by atoms with Crippen LogP contribution in [0, 0.1) is 0 Å². The molecule has 0 aromatic rings. The van der Waals surface area contributed by atoms with Gasteiger partial charge in [-0.3, -0.25) is 4.79 Å². The molecule has 0 aliphatic rings. The number of allylic oxidation sites excluding steroid dienone is 19. The second kappa shape index (κ2) is 70.1. The Morgan fingerprint density at radius 1 is 0.312 bits per heavy atom. The minimum atomic E-state index is -0.848. The molecule has 0 aliphatic heterocycles. The molecule has 0 aromatic heterocycles. The minimum absolute atomic E-state index is 0.0654. The quantitative estimate of drug-likeness (QED) is 0.0420. The van der Waals surface area contributed by atoms with E-state index in [9.17, 15) is 15.0 Å². The number of aliphatic hydroxyl groups is 2. The van der Waals surface area contributed by atoms with Crippen LogP contribution < -0.4 is 5.32 Å². The van der Waals surface area contributed by atoms with Crippen molar-refractivity contribution < 1.29 is 15.0 Å². The molecule has 1 amide bonds. The standard InChI is InChI=1S/C76H133NO3/c1-3-5-7-9-11-13-15-17-19-21-23-25-27-29-31-32-33-34-35-36-37-38-39-40-41-42-43-44-46-48-50-52-54-56-58-60-62-64-66-68-70-72-76(80)77-74(73-78)75(79)71-69-67-65-63-61-59-57-55-53-51-49-47-45-30-28-26-24-22-20-18-16-14-12-10-8-6-4-2/h5,7,11,13,17,19,23,25,29,31,33-34,36-37,39-40,42-43,69,71,74-75,78-79H,3-4,6,8-10,12,14-16,18,20-22,24,26-28,30,32,35,38,41,44-68,70,72-73H2,1-2H3,(H,77,80)/b7-5-,13-11-,19-17-,25-23-,31-29-,34-33-,37-36-,40-39-,43-42-,71-69+. The smallest absolute Gasteiger partial charge is 0.220 e. The molecule has 3 N–H and O–H groups in total. The lowest BCUT2D eigenvalue weighted by Crippen LogP contribution is -2.45. The summed E-state index contributed by atoms with van der Waals surface area (Å²) >= 11 is 0. The highest BCUT2D eigenvalue weighted by atomic mass is 16.3. The summed E-state index contributed by atoms with van der Waals surface area (Å²) in [5.41, 5.74) is 0. The van der Waals surface area contributed by atoms with E-state index in [1.54, 1.807) is 6.08 Å². The second-order valence-electron chi connectivity index (χ2n) is 23.2. The molecule has 460 valence electrons. The molecule has 4 nitrogen and oxygen atoms in total. The van der Waals surface area contributed by atoms with Gasteiger partial charge in [0, 0.05) is 6.42 Å². The molecule has 0 bridgehead atoms. The summed E-state index contributed by atoms with van der Waals surface area (Å²) in [5.74, 6) is -0.0654. The maximum Gasteiger partial charge on any atom is 0.220 e. The van der Waals surface area contributed by atoms with E-state index >= 15 is 0 Å². The van der Waals surface area contributed by atoms with Gasteiger partial charge in [0.15, 0.2) is 0 Å². The molecule has 0 saturated heterocycles. The monoisotopic (exact) mass is 1110 g/mol. The number of rotatable bonds is 63. The Balaban J connectivity index is 3.53. The normalized spacial score (nSPS) is 13.5. The van der Waals surface area contributed by atoms with Crippen LogP contribution in [0.15, 0.2) is 122 Å². The van der Waals surface area contributed by atoms with Gasteiger partial charge in [-0.15, -0.1) is 0 Å². The van der Waals surface area contributed by atoms with Crippen molar-refractivity contribution in [3.8, 4) is 0 Å². The molecule has 80 heavy (non-hydrogen) atoms. The number of amides is 1. The average Bonchev–Trinajstić information content (AvgIpc) is 3.46. The molecular weight excluding hydrogens is 975 g/mol. The van der Waals surface area contributed by atoms with Gasteiger partial charge in [-0.25, -0.2) is 0 Å². The second-order valence-corrected chi connectivity index (χ2v) is 23.2. The summed E-state index contributed by atoms with van der Waals surface area (Å²) in [6, 6.07) is -0.631. The van der Waals surface area contributed by atoms with Crippen molar-refractivity contribution in [2.45, 2.75) is 347 Å². The van der Waals surface area contributed by atoms with E-state index in [0.29, 0.717) is 6.42 Å². The van der Waals surface area contributed by atoms with Gasteiger partial charge in [0.25, 0.3) is 0 Å². The number of unbranched alkanes of at least 4 members (excludes halogenated alkanes) is 38. The average molecular weight is 1110 g/mol. The first-order valence-corrected chi connectivity index (χ1v) is 34.7. The third-order valence-corrected chi connectivity index (χ3v) is 15.5. The number of carbonyl (C=O) groups is 1. The first kappa shape index (κ1) is 76.8. The predicted octanol–water partition coefficient (Wildman–Crippen LogP) is 23.9. The summed E-state index contributed by atoms with van der Waals surface area (Å²) in [6.07, 6.45) is 107. The van der Waals surface area contributed by atoms with Gasteiger partial charge in [0.05, 0.1) is 18.8 Å². The number of nitrogens with one attached hydrogen (secondary N) is 1. The first-order valence-electron chi connectivity index (χ1n) is 34.7. The Bertz CT molecular complexity index is 1540. The first-order chi connectivity index (χ1) is 39.7. The molecule has 0 fully saturated rings. The third kappa shape index (κ3) is 65.6. The summed E-state index contributed by atoms with van der Waals surface area (Å²) in [5, 5.41) is 23.3. The Morgan fingerprint density at radius 3 is 0.825 bits per heavy atom. The van der Waals surface area contributed by atoms with E-state index in [4.69, 9.17) is 0 Å². The minimum Gasteiger partial charge on any atom is -0.394 e. The van der Waals surface area contributed by atoms with Crippen molar-refractivity contribution in [3.05, 3.63) is 122 Å². The molecule has 0 heterocycles. The largest absolute Gasteiger partial charge is 0.394 e. The Hall–Kier alpha value is -3.21. The molecule has 4 heteroatoms. The van der Waals surface area contributed by atoms with E-state index in [2.05, 4.69) is 129 Å². The van der Waals surface area contributed by atoms with E-state index in [1.807, 2.05) is 6.08 Å². The molecule has 0 rings (SSSR count). The van der Waals surface area contributed by atoms with Crippen molar-refractivity contribution in [1.29, 1.82) is 0 Å². The van der Waals surface area contributed by atoms with Gasteiger partial charge in [-0.2, -0.15) is 0 Å². The van der Waals surface area contributed by atoms with Crippen LogP contribution in [0.3, 0.4) is 0 Å². The molecule has 0 spiro atoms. The van der Waals surface area contributed by atoms with Gasteiger partial charge >= 0.3 is 0 Å². The fourth-order valence-electron chi connectivity index (χ4n) is 10.2. The molecule has 2 atom stereocenters. The predicted molar refractivity (Wildman–Crippen MR) is 359 cm³/mol. The fraction of sp³-hybridized carbons (Fsp3) is 0.724. The maximum absolute atomic E-state index is 12.5. The topological polar surface area (TPSA) is 69.6 Å². The van der Waals surface area contributed by atoms with E-state index in [0.717, 1.165) is 83.5 Å². The number of hydrogen-bond donors (Lipinski definition) is 3. The highest BCUT2D eigenvalue weighted by molar-refractivity contribution is 5.76. The van der Waals surface area contributed by atoms with Crippen molar-refractivity contribution in [2.75, 3.05) is 6.61 Å². The number of aliphatic hydroxyl groups excluding tert-OH is 2. The highest BCUT2D eigenvalue weighted by Gasteiger charge is 2.18. The fourth-order valence-corrected chi connectivity index (χ4v) is 10.2. The maximum atomic E-state index is 12.5. The Labute approximate surface area is 499 Å². The lowest BCUT2D eigenvalue weighted by molar-refractivity contribution is -0.123. The van der Waals surface area contributed by atoms with Crippen molar-refractivity contribution >= 4 is 5.91 Å². The van der Waals surface area contributed by atoms with Crippen LogP contribution in [0.4, 0.5) is 0 Å². The van der Waals surface area contributed by atoms with Gasteiger partial charge in [-0.1, -0.05) is 360 Å². The molecular formula is C76H133NO3. The van der Waals surface area contributed by atoms with Crippen LogP contribution in [-0.4, -0.2) is 34.9 Å². The Morgan fingerprint density at radius 2 is 0.550 bits per heavy atom. The van der Waals surface area contributed by atoms with E-state index < -0.39 is 12.1 Å². The van der Waals surface area contributed by atoms with Crippen molar-refractivity contribution in [2.24, 2.45) is 0 Å². The number of carbonyl (C=O) groups excluding carboxylic acids is 1. The van der Waals surface area contributed by atoms with Crippen LogP contribution in [0.2, 0.25) is 0 Å². The zero-order chi connectivity index (χ0) is 57.6. The number of hydrogen-bond acceptors (Lipinski definition) is 3. The molecule has 0 saturated carbocycles. The molecule has 0 aliphatic carbocycles. The summed E-state index contributed by atoms with van der Waals surface area (Å²) in [4.78, 5) is 12.5. The van der Waals surface area contributed by atoms with Crippen molar-refractivity contribution in [1.82, 2.24) is 5.32 Å². The third-order valence-electron chi connectivity index (χ3n) is 15.5. The lowest BCUT2D eigenvalue weighted by atomic mass is 10.0. The van der Waals surface area contributed by atoms with Gasteiger partial charge in [-0.05, 0) is 89.9 Å². The molecule has 0 radical (unpaired) electrons. The lowest BCUT2D eigenvalue weighted by Gasteiger charge is -2.20. The van der Waals surface area contributed by atoms with Crippen LogP contribution in [0.25, 0.3) is 0 Å². The van der Waals surface area contributed by atoms with Crippen LogP contribution in [0.5, 0.6) is 0 Å². The zero-order valence-corrected chi connectivity index (χ0v) is 53.1. The summed E-state index contributed by atoms with van der Waals surface area (Å²) in [7, 11) is 0. The SMILES string of the molecule is CC/C=C\C/C=C\C/C=C\C/C=C\C/C=C\C/C=C\C/C=C\C/C=C\C/C=C\CCCCCCCCCCCCCCCC(=O)NC(CO)C(O)/C=C/CCCCCCCCCCCCCCCCCCCCCCCCCCC. The van der Waals surface area contributed by atoms with Gasteiger partial charge < -0.3 is 15.5 Å². The molecule has 0 aromatic carbocycles. The zero-order valence-electron chi connectivity index (χ0n) is 53.1. The van der Waals surface area contributed by atoms with Crippen LogP contribution >= 0.6 is 0 Å². The van der Waals surface area contributed by atoms with Crippen molar-refractivity contribution in [3.63, 3.8) is 0 Å². The van der Waals surface area contributed by atoms with Gasteiger partial charge in [0.2, 0.25) is 5.91 Å². The Kier molecular flexibility index (Phi) is 67.2. The van der Waals surface area contributed by atoms with Crippen LogP contribution in [-0.2, 0) is 4.79 Å². The van der Waals surface area contributed by atoms with Crippen LogP contribution in [0.1, 0.15) is 335 Å². The highest BCUT2D eigenvalue weighted by Crippen LogP contribution is 2.18. The summed E-state index contributed by atoms with van der Waals surface area (Å²) < 4.78 is 0.